The van der Waals surface area contributed by atoms with E-state index in [1.165, 1.54) is 0 Å². The van der Waals surface area contributed by atoms with Crippen molar-refractivity contribution in [3.63, 3.8) is 0 Å². The highest BCUT2D eigenvalue weighted by atomic mass is 16.5. The van der Waals surface area contributed by atoms with Crippen LogP contribution in [0.15, 0.2) is 54.6 Å². The molecule has 0 saturated carbocycles. The van der Waals surface area contributed by atoms with E-state index in [9.17, 15) is 9.59 Å². The molecule has 0 unspecified atom stereocenters. The van der Waals surface area contributed by atoms with Gasteiger partial charge in [0, 0.05) is 5.56 Å². The Morgan fingerprint density at radius 3 is 2.21 bits per heavy atom. The van der Waals surface area contributed by atoms with Crippen LogP contribution in [-0.4, -0.2) is 18.2 Å². The molecule has 0 bridgehead atoms. The molecule has 0 saturated heterocycles. The van der Waals surface area contributed by atoms with E-state index in [0.717, 1.165) is 0 Å². The maximum atomic E-state index is 12.2. The molecule has 2 aromatic rings. The van der Waals surface area contributed by atoms with E-state index in [1.807, 2.05) is 0 Å². The van der Waals surface area contributed by atoms with Crippen LogP contribution in [0.1, 0.15) is 20.7 Å². The highest BCUT2D eigenvalue weighted by Crippen LogP contribution is 2.20. The third-order valence-electron chi connectivity index (χ3n) is 2.63. The number of ketones is 2. The second-order valence-electron chi connectivity index (χ2n) is 3.87. The molecule has 19 heavy (non-hydrogen) atoms. The lowest BCUT2D eigenvalue weighted by molar-refractivity contribution is 0.0814. The predicted octanol–water partition coefficient (Wildman–Crippen LogP) is 2.97. The van der Waals surface area contributed by atoms with Crippen LogP contribution in [0.2, 0.25) is 0 Å². The molecule has 0 N–H and O–H groups in total. The number of hydrogen-bond donors (Lipinski definition) is 0. The summed E-state index contributed by atoms with van der Waals surface area (Å²) in [7, 11) is 0. The fraction of sp³-hybridized carbons (Fsp3) is 0.0625. The van der Waals surface area contributed by atoms with Crippen molar-refractivity contribution in [2.24, 2.45) is 0 Å². The lowest BCUT2D eigenvalue weighted by Crippen LogP contribution is -2.15. The zero-order chi connectivity index (χ0) is 13.7. The molecule has 2 aromatic carbocycles. The SMILES string of the molecule is [CH2]COc1ccccc1C(=O)C(=O)c1ccccc1. The number of Topliss-reactive ketones (excluding diaryl/α,β-unsaturated/α-hetero) is 2. The molecule has 0 atom stereocenters. The standard InChI is InChI=1S/C16H13O3/c1-2-19-14-11-7-6-10-13(14)16(18)15(17)12-8-4-3-5-9-12/h3-11H,1-2H2. The highest BCUT2D eigenvalue weighted by molar-refractivity contribution is 6.49. The Morgan fingerprint density at radius 1 is 0.895 bits per heavy atom. The number of rotatable bonds is 5. The van der Waals surface area contributed by atoms with Gasteiger partial charge < -0.3 is 4.74 Å². The average molecular weight is 253 g/mol. The van der Waals surface area contributed by atoms with Gasteiger partial charge >= 0.3 is 0 Å². The average Bonchev–Trinajstić information content (AvgIpc) is 2.47. The Morgan fingerprint density at radius 2 is 1.53 bits per heavy atom. The van der Waals surface area contributed by atoms with Gasteiger partial charge in [-0.05, 0) is 19.1 Å². The van der Waals surface area contributed by atoms with Crippen LogP contribution in [0, 0.1) is 6.92 Å². The van der Waals surface area contributed by atoms with Crippen LogP contribution < -0.4 is 4.74 Å². The quantitative estimate of drug-likeness (QED) is 0.607. The molecule has 3 nitrogen and oxygen atoms in total. The molecular weight excluding hydrogens is 240 g/mol. The third-order valence-corrected chi connectivity index (χ3v) is 2.63. The van der Waals surface area contributed by atoms with E-state index in [0.29, 0.717) is 11.3 Å². The Labute approximate surface area is 111 Å². The molecule has 95 valence electrons. The summed E-state index contributed by atoms with van der Waals surface area (Å²) >= 11 is 0. The molecule has 0 fully saturated rings. The van der Waals surface area contributed by atoms with Gasteiger partial charge in [0.15, 0.2) is 0 Å². The van der Waals surface area contributed by atoms with Gasteiger partial charge in [-0.3, -0.25) is 9.59 Å². The van der Waals surface area contributed by atoms with Crippen molar-refractivity contribution in [1.29, 1.82) is 0 Å². The second kappa shape index (κ2) is 5.96. The summed E-state index contributed by atoms with van der Waals surface area (Å²) in [4.78, 5) is 24.3. The summed E-state index contributed by atoms with van der Waals surface area (Å²) in [6.45, 7) is 3.76. The molecule has 0 aliphatic carbocycles. The van der Waals surface area contributed by atoms with Crippen molar-refractivity contribution in [3.05, 3.63) is 72.6 Å². The summed E-state index contributed by atoms with van der Waals surface area (Å²) < 4.78 is 5.26. The molecule has 2 rings (SSSR count). The monoisotopic (exact) mass is 253 g/mol. The van der Waals surface area contributed by atoms with Gasteiger partial charge in [-0.25, -0.2) is 0 Å². The number of ether oxygens (including phenoxy) is 1. The molecule has 0 aromatic heterocycles. The normalized spacial score (nSPS) is 9.95. The van der Waals surface area contributed by atoms with Gasteiger partial charge in [0.2, 0.25) is 11.6 Å². The first-order valence-electron chi connectivity index (χ1n) is 5.89. The van der Waals surface area contributed by atoms with Crippen LogP contribution >= 0.6 is 0 Å². The van der Waals surface area contributed by atoms with Crippen molar-refractivity contribution in [2.75, 3.05) is 6.61 Å². The van der Waals surface area contributed by atoms with Crippen LogP contribution in [0.25, 0.3) is 0 Å². The molecule has 0 aliphatic heterocycles. The van der Waals surface area contributed by atoms with Crippen molar-refractivity contribution >= 4 is 11.6 Å². The molecule has 0 spiro atoms. The smallest absolute Gasteiger partial charge is 0.237 e. The topological polar surface area (TPSA) is 43.4 Å². The first-order valence-corrected chi connectivity index (χ1v) is 5.89. The second-order valence-corrected chi connectivity index (χ2v) is 3.87. The minimum atomic E-state index is -0.574. The van der Waals surface area contributed by atoms with Gasteiger partial charge in [-0.15, -0.1) is 0 Å². The van der Waals surface area contributed by atoms with E-state index in [2.05, 4.69) is 6.92 Å². The van der Waals surface area contributed by atoms with Gasteiger partial charge in [0.05, 0.1) is 12.2 Å². The van der Waals surface area contributed by atoms with E-state index < -0.39 is 11.6 Å². The Kier molecular flexibility index (Phi) is 4.08. The van der Waals surface area contributed by atoms with Crippen molar-refractivity contribution in [2.45, 2.75) is 0 Å². The molecule has 3 heteroatoms. The van der Waals surface area contributed by atoms with Crippen LogP contribution in [-0.2, 0) is 0 Å². The maximum Gasteiger partial charge on any atom is 0.237 e. The molecule has 0 amide bonds. The Balaban J connectivity index is 2.32. The van der Waals surface area contributed by atoms with Crippen molar-refractivity contribution in [3.8, 4) is 5.75 Å². The van der Waals surface area contributed by atoms with Crippen molar-refractivity contribution < 1.29 is 14.3 Å². The third kappa shape index (κ3) is 2.88. The number of hydrogen-bond acceptors (Lipinski definition) is 3. The number of benzene rings is 2. The largest absolute Gasteiger partial charge is 0.493 e. The summed E-state index contributed by atoms with van der Waals surface area (Å²) in [5, 5.41) is 0. The maximum absolute atomic E-state index is 12.2. The first kappa shape index (κ1) is 13.0. The van der Waals surface area contributed by atoms with Crippen LogP contribution in [0.5, 0.6) is 5.75 Å². The minimum Gasteiger partial charge on any atom is -0.493 e. The molecule has 1 radical (unpaired) electrons. The van der Waals surface area contributed by atoms with E-state index in [1.54, 1.807) is 54.6 Å². The summed E-state index contributed by atoms with van der Waals surface area (Å²) in [6.07, 6.45) is 0. The van der Waals surface area contributed by atoms with Gasteiger partial charge in [0.1, 0.15) is 5.75 Å². The fourth-order valence-corrected chi connectivity index (χ4v) is 1.73. The molecule has 0 aliphatic rings. The van der Waals surface area contributed by atoms with E-state index >= 15 is 0 Å². The number of carbonyl (C=O) groups excluding carboxylic acids is 2. The Hall–Kier alpha value is -2.42. The molecular formula is C16H13O3. The summed E-state index contributed by atoms with van der Waals surface area (Å²) in [6, 6.07) is 15.1. The Bertz CT molecular complexity index is 588. The lowest BCUT2D eigenvalue weighted by atomic mass is 10.0. The van der Waals surface area contributed by atoms with E-state index in [-0.39, 0.29) is 12.2 Å². The zero-order valence-corrected chi connectivity index (χ0v) is 10.3. The number of carbonyl (C=O) groups is 2. The summed E-state index contributed by atoms with van der Waals surface area (Å²) in [5.41, 5.74) is 0.636. The summed E-state index contributed by atoms with van der Waals surface area (Å²) in [5.74, 6) is -0.734. The predicted molar refractivity (Wildman–Crippen MR) is 72.4 cm³/mol. The number of para-hydroxylation sites is 1. The van der Waals surface area contributed by atoms with Crippen molar-refractivity contribution in [1.82, 2.24) is 0 Å². The fourth-order valence-electron chi connectivity index (χ4n) is 1.73. The van der Waals surface area contributed by atoms with Gasteiger partial charge in [0.25, 0.3) is 0 Å². The van der Waals surface area contributed by atoms with Crippen LogP contribution in [0.3, 0.4) is 0 Å². The molecule has 0 heterocycles. The van der Waals surface area contributed by atoms with Gasteiger partial charge in [-0.2, -0.15) is 0 Å². The lowest BCUT2D eigenvalue weighted by Gasteiger charge is -2.08. The van der Waals surface area contributed by atoms with E-state index in [4.69, 9.17) is 4.74 Å². The highest BCUT2D eigenvalue weighted by Gasteiger charge is 2.21. The first-order chi connectivity index (χ1) is 9.24. The zero-order valence-electron chi connectivity index (χ0n) is 10.3. The minimum absolute atomic E-state index is 0.198. The van der Waals surface area contributed by atoms with Gasteiger partial charge in [-0.1, -0.05) is 42.5 Å². The van der Waals surface area contributed by atoms with Crippen LogP contribution in [0.4, 0.5) is 0 Å².